The van der Waals surface area contributed by atoms with Gasteiger partial charge in [-0.1, -0.05) is 18.9 Å². The Morgan fingerprint density at radius 1 is 1.31 bits per heavy atom. The minimum Gasteiger partial charge on any atom is -0.312 e. The summed E-state index contributed by atoms with van der Waals surface area (Å²) < 4.78 is 0. The van der Waals surface area contributed by atoms with Gasteiger partial charge in [-0.15, -0.1) is 6.58 Å². The normalized spacial score (nSPS) is 20.4. The Kier molecular flexibility index (Phi) is 4.46. The topological polar surface area (TPSA) is 24.1 Å². The van der Waals surface area contributed by atoms with E-state index in [1.807, 2.05) is 6.08 Å². The van der Waals surface area contributed by atoms with E-state index in [-0.39, 0.29) is 0 Å². The summed E-state index contributed by atoms with van der Waals surface area (Å²) in [6.45, 7) is 9.04. The van der Waals surface area contributed by atoms with E-state index in [1.165, 1.54) is 25.7 Å². The van der Waals surface area contributed by atoms with Crippen molar-refractivity contribution in [1.29, 1.82) is 0 Å². The Morgan fingerprint density at radius 3 is 2.62 bits per heavy atom. The molecule has 0 aromatic carbocycles. The van der Waals surface area contributed by atoms with E-state index < -0.39 is 0 Å². The molecule has 0 bridgehead atoms. The zero-order valence-electron chi connectivity index (χ0n) is 8.73. The number of rotatable bonds is 6. The van der Waals surface area contributed by atoms with Gasteiger partial charge >= 0.3 is 0 Å². The van der Waals surface area contributed by atoms with Crippen molar-refractivity contribution in [3.05, 3.63) is 12.7 Å². The molecule has 1 fully saturated rings. The van der Waals surface area contributed by atoms with Gasteiger partial charge in [0.25, 0.3) is 0 Å². The van der Waals surface area contributed by atoms with Gasteiger partial charge in [-0.05, 0) is 19.8 Å². The molecule has 0 radical (unpaired) electrons. The maximum Gasteiger partial charge on any atom is 0.0153 e. The first kappa shape index (κ1) is 10.7. The van der Waals surface area contributed by atoms with E-state index >= 15 is 0 Å². The Morgan fingerprint density at radius 2 is 2.00 bits per heavy atom. The van der Waals surface area contributed by atoms with Crippen LogP contribution >= 0.6 is 0 Å². The number of nitrogens with one attached hydrogen (secondary N) is 2. The summed E-state index contributed by atoms with van der Waals surface area (Å²) in [5.41, 5.74) is 0.426. The fourth-order valence-electron chi connectivity index (χ4n) is 1.99. The largest absolute Gasteiger partial charge is 0.312 e. The minimum absolute atomic E-state index is 0.426. The summed E-state index contributed by atoms with van der Waals surface area (Å²) in [5, 5.41) is 6.92. The second-order valence-electron chi connectivity index (χ2n) is 4.19. The molecule has 2 N–H and O–H groups in total. The van der Waals surface area contributed by atoms with Crippen LogP contribution in [0.4, 0.5) is 0 Å². The molecule has 13 heavy (non-hydrogen) atoms. The third-order valence-corrected chi connectivity index (χ3v) is 2.85. The molecule has 0 aromatic rings. The first-order valence-corrected chi connectivity index (χ1v) is 5.33. The molecule has 1 aliphatic carbocycles. The van der Waals surface area contributed by atoms with E-state index in [0.717, 1.165) is 19.6 Å². The fourth-order valence-corrected chi connectivity index (χ4v) is 1.99. The molecule has 0 heterocycles. The molecule has 1 saturated carbocycles. The summed E-state index contributed by atoms with van der Waals surface area (Å²) in [6, 6.07) is 0. The molecule has 0 saturated heterocycles. The second kappa shape index (κ2) is 5.40. The van der Waals surface area contributed by atoms with Gasteiger partial charge in [0.05, 0.1) is 0 Å². The fraction of sp³-hybridized carbons (Fsp3) is 0.818. The zero-order chi connectivity index (χ0) is 9.57. The summed E-state index contributed by atoms with van der Waals surface area (Å²) in [5.74, 6) is 0. The minimum atomic E-state index is 0.426. The van der Waals surface area contributed by atoms with Gasteiger partial charge < -0.3 is 10.6 Å². The van der Waals surface area contributed by atoms with Crippen molar-refractivity contribution in [2.75, 3.05) is 19.6 Å². The standard InChI is InChI=1S/C11H22N2/c1-3-8-12-9-10-13-11(2)6-4-5-7-11/h3,12-13H,1,4-10H2,2H3. The molecule has 76 valence electrons. The molecule has 0 amide bonds. The third-order valence-electron chi connectivity index (χ3n) is 2.85. The Labute approximate surface area is 81.8 Å². The van der Waals surface area contributed by atoms with Gasteiger partial charge in [-0.2, -0.15) is 0 Å². The smallest absolute Gasteiger partial charge is 0.0153 e. The van der Waals surface area contributed by atoms with E-state index in [9.17, 15) is 0 Å². The van der Waals surface area contributed by atoms with Crippen LogP contribution < -0.4 is 10.6 Å². The van der Waals surface area contributed by atoms with Crippen LogP contribution in [0.3, 0.4) is 0 Å². The molecule has 0 unspecified atom stereocenters. The van der Waals surface area contributed by atoms with Gasteiger partial charge in [0.1, 0.15) is 0 Å². The van der Waals surface area contributed by atoms with Crippen LogP contribution in [0.15, 0.2) is 12.7 Å². The Bertz CT molecular complexity index is 148. The van der Waals surface area contributed by atoms with Crippen LogP contribution in [0, 0.1) is 0 Å². The molecule has 2 nitrogen and oxygen atoms in total. The number of hydrogen-bond donors (Lipinski definition) is 2. The van der Waals surface area contributed by atoms with Crippen molar-refractivity contribution in [2.45, 2.75) is 38.1 Å². The highest BCUT2D eigenvalue weighted by Crippen LogP contribution is 2.28. The van der Waals surface area contributed by atoms with Crippen molar-refractivity contribution < 1.29 is 0 Å². The van der Waals surface area contributed by atoms with Gasteiger partial charge in [-0.3, -0.25) is 0 Å². The van der Waals surface area contributed by atoms with E-state index in [4.69, 9.17) is 0 Å². The summed E-state index contributed by atoms with van der Waals surface area (Å²) >= 11 is 0. The van der Waals surface area contributed by atoms with Crippen molar-refractivity contribution in [3.8, 4) is 0 Å². The van der Waals surface area contributed by atoms with Crippen molar-refractivity contribution in [1.82, 2.24) is 10.6 Å². The lowest BCUT2D eigenvalue weighted by molar-refractivity contribution is 0.365. The molecule has 0 aromatic heterocycles. The van der Waals surface area contributed by atoms with Gasteiger partial charge in [0.2, 0.25) is 0 Å². The predicted octanol–water partition coefficient (Wildman–Crippen LogP) is 1.68. The first-order valence-electron chi connectivity index (χ1n) is 5.33. The highest BCUT2D eigenvalue weighted by Gasteiger charge is 2.26. The third kappa shape index (κ3) is 3.92. The molecule has 1 aliphatic rings. The second-order valence-corrected chi connectivity index (χ2v) is 4.19. The molecule has 1 rings (SSSR count). The lowest BCUT2D eigenvalue weighted by atomic mass is 10.0. The average molecular weight is 182 g/mol. The molecular weight excluding hydrogens is 160 g/mol. The quantitative estimate of drug-likeness (QED) is 0.482. The van der Waals surface area contributed by atoms with Crippen LogP contribution in [0.2, 0.25) is 0 Å². The van der Waals surface area contributed by atoms with Crippen LogP contribution in [0.5, 0.6) is 0 Å². The number of hydrogen-bond acceptors (Lipinski definition) is 2. The first-order chi connectivity index (χ1) is 6.27. The van der Waals surface area contributed by atoms with Gasteiger partial charge in [-0.25, -0.2) is 0 Å². The van der Waals surface area contributed by atoms with E-state index in [2.05, 4.69) is 24.1 Å². The zero-order valence-corrected chi connectivity index (χ0v) is 8.73. The van der Waals surface area contributed by atoms with Gasteiger partial charge in [0.15, 0.2) is 0 Å². The predicted molar refractivity (Wildman–Crippen MR) is 57.9 cm³/mol. The molecule has 0 spiro atoms. The van der Waals surface area contributed by atoms with Crippen LogP contribution in [-0.4, -0.2) is 25.2 Å². The lowest BCUT2D eigenvalue weighted by Gasteiger charge is -2.25. The van der Waals surface area contributed by atoms with Gasteiger partial charge in [0, 0.05) is 25.2 Å². The van der Waals surface area contributed by atoms with E-state index in [0.29, 0.717) is 5.54 Å². The van der Waals surface area contributed by atoms with Crippen LogP contribution in [0.1, 0.15) is 32.6 Å². The summed E-state index contributed by atoms with van der Waals surface area (Å²) in [4.78, 5) is 0. The highest BCUT2D eigenvalue weighted by molar-refractivity contribution is 4.88. The van der Waals surface area contributed by atoms with E-state index in [1.54, 1.807) is 0 Å². The molecule has 2 heteroatoms. The maximum absolute atomic E-state index is 3.67. The SMILES string of the molecule is C=CCNCCNC1(C)CCCC1. The Hall–Kier alpha value is -0.340. The van der Waals surface area contributed by atoms with Crippen molar-refractivity contribution >= 4 is 0 Å². The molecule has 0 atom stereocenters. The maximum atomic E-state index is 3.67. The highest BCUT2D eigenvalue weighted by atomic mass is 15.0. The summed E-state index contributed by atoms with van der Waals surface area (Å²) in [6.07, 6.45) is 7.37. The monoisotopic (exact) mass is 182 g/mol. The van der Waals surface area contributed by atoms with Crippen LogP contribution in [0.25, 0.3) is 0 Å². The van der Waals surface area contributed by atoms with Crippen molar-refractivity contribution in [3.63, 3.8) is 0 Å². The summed E-state index contributed by atoms with van der Waals surface area (Å²) in [7, 11) is 0. The lowest BCUT2D eigenvalue weighted by Crippen LogP contribution is -2.42. The van der Waals surface area contributed by atoms with Crippen LogP contribution in [-0.2, 0) is 0 Å². The Balaban J connectivity index is 2.01. The molecule has 0 aliphatic heterocycles. The molecular formula is C11H22N2. The average Bonchev–Trinajstić information content (AvgIpc) is 2.53. The van der Waals surface area contributed by atoms with Crippen molar-refractivity contribution in [2.24, 2.45) is 0 Å².